The van der Waals surface area contributed by atoms with Gasteiger partial charge in [0.25, 0.3) is 0 Å². The van der Waals surface area contributed by atoms with Crippen LogP contribution in [0.2, 0.25) is 0 Å². The molecule has 2 nitrogen and oxygen atoms in total. The van der Waals surface area contributed by atoms with E-state index in [1.165, 1.54) is 0 Å². The number of Topliss-reactive ketones (excluding diaryl/α,β-unsaturated/α-hetero) is 1. The maximum absolute atomic E-state index is 12.1. The van der Waals surface area contributed by atoms with Crippen molar-refractivity contribution in [3.05, 3.63) is 0 Å². The lowest BCUT2D eigenvalue weighted by Gasteiger charge is -2.40. The van der Waals surface area contributed by atoms with Gasteiger partial charge in [-0.1, -0.05) is 20.8 Å². The Hall–Kier alpha value is -0.370. The van der Waals surface area contributed by atoms with Crippen molar-refractivity contribution >= 4 is 5.78 Å². The van der Waals surface area contributed by atoms with Crippen molar-refractivity contribution < 1.29 is 4.79 Å². The summed E-state index contributed by atoms with van der Waals surface area (Å²) in [7, 11) is 2.04. The minimum atomic E-state index is -0.303. The normalized spacial score (nSPS) is 16.4. The van der Waals surface area contributed by atoms with Crippen LogP contribution in [0.15, 0.2) is 0 Å². The SMILES string of the molecule is CCC(C)(C(=O)C(C)C)N(C)C(C)C. The van der Waals surface area contributed by atoms with Gasteiger partial charge in [0.05, 0.1) is 5.54 Å². The molecule has 0 saturated heterocycles. The van der Waals surface area contributed by atoms with Crippen molar-refractivity contribution in [3.8, 4) is 0 Å². The third-order valence-electron chi connectivity index (χ3n) is 3.30. The van der Waals surface area contributed by atoms with Gasteiger partial charge in [-0.25, -0.2) is 0 Å². The molecule has 0 fully saturated rings. The van der Waals surface area contributed by atoms with Crippen LogP contribution in [0.1, 0.15) is 48.0 Å². The summed E-state index contributed by atoms with van der Waals surface area (Å²) >= 11 is 0. The van der Waals surface area contributed by atoms with Crippen molar-refractivity contribution in [1.29, 1.82) is 0 Å². The minimum absolute atomic E-state index is 0.112. The number of carbonyl (C=O) groups excluding carboxylic acids is 1. The molecule has 0 rings (SSSR count). The Morgan fingerprint density at radius 1 is 1.29 bits per heavy atom. The number of likely N-dealkylation sites (N-methyl/N-ethyl adjacent to an activating group) is 1. The first kappa shape index (κ1) is 13.6. The quantitative estimate of drug-likeness (QED) is 0.678. The highest BCUT2D eigenvalue weighted by atomic mass is 16.1. The standard InChI is InChI=1S/C12H25NO/c1-8-12(6,11(14)9(2)3)13(7)10(4)5/h9-10H,8H2,1-7H3. The molecule has 1 atom stereocenters. The zero-order valence-electron chi connectivity index (χ0n) is 10.7. The molecule has 0 saturated carbocycles. The molecule has 0 spiro atoms. The van der Waals surface area contributed by atoms with E-state index in [-0.39, 0.29) is 11.5 Å². The second-order valence-electron chi connectivity index (χ2n) is 4.85. The molecule has 0 aromatic heterocycles. The van der Waals surface area contributed by atoms with Gasteiger partial charge < -0.3 is 0 Å². The molecule has 0 aliphatic rings. The molecular weight excluding hydrogens is 174 g/mol. The van der Waals surface area contributed by atoms with Crippen molar-refractivity contribution in [3.63, 3.8) is 0 Å². The van der Waals surface area contributed by atoms with Crippen LogP contribution in [0, 0.1) is 5.92 Å². The lowest BCUT2D eigenvalue weighted by molar-refractivity contribution is -0.134. The fourth-order valence-corrected chi connectivity index (χ4v) is 1.79. The summed E-state index contributed by atoms with van der Waals surface area (Å²) in [4.78, 5) is 14.3. The van der Waals surface area contributed by atoms with Crippen LogP contribution < -0.4 is 0 Å². The highest BCUT2D eigenvalue weighted by Crippen LogP contribution is 2.24. The van der Waals surface area contributed by atoms with E-state index in [4.69, 9.17) is 0 Å². The summed E-state index contributed by atoms with van der Waals surface area (Å²) < 4.78 is 0. The van der Waals surface area contributed by atoms with E-state index in [2.05, 4.69) is 32.6 Å². The fourth-order valence-electron chi connectivity index (χ4n) is 1.79. The maximum Gasteiger partial charge on any atom is 0.155 e. The van der Waals surface area contributed by atoms with Gasteiger partial charge in [-0.05, 0) is 34.2 Å². The first-order chi connectivity index (χ1) is 6.27. The number of rotatable bonds is 5. The van der Waals surface area contributed by atoms with Crippen LogP contribution >= 0.6 is 0 Å². The molecule has 0 aliphatic heterocycles. The summed E-state index contributed by atoms with van der Waals surface area (Å²) in [6.07, 6.45) is 0.874. The molecule has 14 heavy (non-hydrogen) atoms. The fraction of sp³-hybridized carbons (Fsp3) is 0.917. The predicted molar refractivity (Wildman–Crippen MR) is 61.4 cm³/mol. The smallest absolute Gasteiger partial charge is 0.155 e. The second kappa shape index (κ2) is 4.92. The zero-order valence-corrected chi connectivity index (χ0v) is 10.7. The number of carbonyl (C=O) groups is 1. The van der Waals surface area contributed by atoms with Gasteiger partial charge in [-0.15, -0.1) is 0 Å². The van der Waals surface area contributed by atoms with E-state index in [9.17, 15) is 4.79 Å². The molecule has 0 radical (unpaired) electrons. The lowest BCUT2D eigenvalue weighted by atomic mass is 9.84. The lowest BCUT2D eigenvalue weighted by Crippen LogP contribution is -2.54. The van der Waals surface area contributed by atoms with Gasteiger partial charge in [0, 0.05) is 12.0 Å². The molecule has 0 amide bonds. The summed E-state index contributed by atoms with van der Waals surface area (Å²) in [5.74, 6) is 0.456. The number of hydrogen-bond donors (Lipinski definition) is 0. The Balaban J connectivity index is 4.88. The third kappa shape index (κ3) is 2.57. The van der Waals surface area contributed by atoms with Crippen LogP contribution in [0.5, 0.6) is 0 Å². The molecule has 0 aromatic rings. The Morgan fingerprint density at radius 3 is 1.93 bits per heavy atom. The predicted octanol–water partition coefficient (Wildman–Crippen LogP) is 2.72. The van der Waals surface area contributed by atoms with Crippen molar-refractivity contribution in [2.75, 3.05) is 7.05 Å². The topological polar surface area (TPSA) is 20.3 Å². The molecule has 0 bridgehead atoms. The van der Waals surface area contributed by atoms with Crippen molar-refractivity contribution in [1.82, 2.24) is 4.90 Å². The van der Waals surface area contributed by atoms with Crippen molar-refractivity contribution in [2.45, 2.75) is 59.5 Å². The highest BCUT2D eigenvalue weighted by Gasteiger charge is 2.37. The number of hydrogen-bond acceptors (Lipinski definition) is 2. The Bertz CT molecular complexity index is 198. The summed E-state index contributed by atoms with van der Waals surface area (Å²) in [6, 6.07) is 0.405. The monoisotopic (exact) mass is 199 g/mol. The zero-order chi connectivity index (χ0) is 11.5. The van der Waals surface area contributed by atoms with Crippen LogP contribution in [0.4, 0.5) is 0 Å². The average molecular weight is 199 g/mol. The molecule has 0 N–H and O–H groups in total. The molecule has 84 valence electrons. The van der Waals surface area contributed by atoms with Crippen molar-refractivity contribution in [2.24, 2.45) is 5.92 Å². The van der Waals surface area contributed by atoms with E-state index in [0.717, 1.165) is 6.42 Å². The molecule has 1 unspecified atom stereocenters. The van der Waals surface area contributed by atoms with Gasteiger partial charge in [0.2, 0.25) is 0 Å². The van der Waals surface area contributed by atoms with E-state index in [1.54, 1.807) is 0 Å². The van der Waals surface area contributed by atoms with Crippen LogP contribution in [0.25, 0.3) is 0 Å². The Morgan fingerprint density at radius 2 is 1.71 bits per heavy atom. The van der Waals surface area contributed by atoms with Crippen LogP contribution in [-0.4, -0.2) is 29.3 Å². The Kier molecular flexibility index (Phi) is 4.79. The van der Waals surface area contributed by atoms with Gasteiger partial charge in [-0.2, -0.15) is 0 Å². The van der Waals surface area contributed by atoms with Gasteiger partial charge in [-0.3, -0.25) is 9.69 Å². The molecule has 0 aliphatic carbocycles. The first-order valence-corrected chi connectivity index (χ1v) is 5.54. The number of nitrogens with zero attached hydrogens (tertiary/aromatic N) is 1. The average Bonchev–Trinajstić information content (AvgIpc) is 2.13. The van der Waals surface area contributed by atoms with Gasteiger partial charge in [0.15, 0.2) is 5.78 Å². The summed E-state index contributed by atoms with van der Waals surface area (Å²) in [5.41, 5.74) is -0.303. The van der Waals surface area contributed by atoms with E-state index < -0.39 is 0 Å². The van der Waals surface area contributed by atoms with Crippen LogP contribution in [0.3, 0.4) is 0 Å². The molecule has 2 heteroatoms. The molecular formula is C12H25NO. The van der Waals surface area contributed by atoms with Gasteiger partial charge >= 0.3 is 0 Å². The molecule has 0 aromatic carbocycles. The maximum atomic E-state index is 12.1. The summed E-state index contributed by atoms with van der Waals surface area (Å²) in [5, 5.41) is 0. The summed E-state index contributed by atoms with van der Waals surface area (Å²) in [6.45, 7) is 12.3. The van der Waals surface area contributed by atoms with Gasteiger partial charge in [0.1, 0.15) is 0 Å². The van der Waals surface area contributed by atoms with Crippen LogP contribution in [-0.2, 0) is 4.79 Å². The first-order valence-electron chi connectivity index (χ1n) is 5.54. The largest absolute Gasteiger partial charge is 0.297 e. The van der Waals surface area contributed by atoms with E-state index >= 15 is 0 Å². The second-order valence-corrected chi connectivity index (χ2v) is 4.85. The number of ketones is 1. The third-order valence-corrected chi connectivity index (χ3v) is 3.30. The van der Waals surface area contributed by atoms with E-state index in [1.807, 2.05) is 20.9 Å². The highest BCUT2D eigenvalue weighted by molar-refractivity contribution is 5.89. The molecule has 0 heterocycles. The van der Waals surface area contributed by atoms with E-state index in [0.29, 0.717) is 11.8 Å². The minimum Gasteiger partial charge on any atom is -0.297 e. The Labute approximate surface area is 88.7 Å².